The molecule has 0 saturated heterocycles. The molecule has 0 heterocycles. The molecule has 1 saturated carbocycles. The van der Waals surface area contributed by atoms with Crippen molar-refractivity contribution in [3.63, 3.8) is 0 Å². The van der Waals surface area contributed by atoms with Crippen LogP contribution in [-0.2, 0) is 14.4 Å². The van der Waals surface area contributed by atoms with Crippen molar-refractivity contribution in [1.82, 2.24) is 0 Å². The molecule has 0 atom stereocenters. The van der Waals surface area contributed by atoms with Crippen molar-refractivity contribution in [2.45, 2.75) is 43.4 Å². The second kappa shape index (κ2) is 6.70. The lowest BCUT2D eigenvalue weighted by Gasteiger charge is -2.06. The first-order valence-corrected chi connectivity index (χ1v) is 8.11. The zero-order valence-corrected chi connectivity index (χ0v) is 11.7. The van der Waals surface area contributed by atoms with Gasteiger partial charge in [0.2, 0.25) is 0 Å². The quantitative estimate of drug-likeness (QED) is 0.483. The summed E-state index contributed by atoms with van der Waals surface area (Å²) in [5, 5.41) is 3.67. The molecular weight excluding hydrogens is 262 g/mol. The van der Waals surface area contributed by atoms with E-state index in [0.29, 0.717) is 5.92 Å². The van der Waals surface area contributed by atoms with E-state index in [-0.39, 0.29) is 4.90 Å². The van der Waals surface area contributed by atoms with E-state index in [1.54, 1.807) is 24.4 Å². The molecule has 0 amide bonds. The minimum atomic E-state index is -3.77. The van der Waals surface area contributed by atoms with Crippen LogP contribution >= 0.6 is 0 Å². The summed E-state index contributed by atoms with van der Waals surface area (Å²) in [5.74, 6) is 0.341. The molecule has 0 N–H and O–H groups in total. The van der Waals surface area contributed by atoms with Gasteiger partial charge in [0.25, 0.3) is 0 Å². The topological polar surface area (TPSA) is 55.7 Å². The second-order valence-electron chi connectivity index (χ2n) is 4.85. The summed E-state index contributed by atoms with van der Waals surface area (Å²) in [4.78, 5) is 0.132. The van der Waals surface area contributed by atoms with E-state index in [0.717, 1.165) is 12.8 Å². The highest BCUT2D eigenvalue weighted by Crippen LogP contribution is 2.21. The minimum Gasteiger partial charge on any atom is -0.265 e. The minimum absolute atomic E-state index is 0.132. The summed E-state index contributed by atoms with van der Waals surface area (Å²) in [6.07, 6.45) is 8.66. The van der Waals surface area contributed by atoms with Gasteiger partial charge in [0.1, 0.15) is 4.90 Å². The third-order valence-corrected chi connectivity index (χ3v) is 4.48. The average Bonchev–Trinajstić information content (AvgIpc) is 2.68. The predicted octanol–water partition coefficient (Wildman–Crippen LogP) is 3.35. The Hall–Kier alpha value is -1.36. The molecule has 0 spiro atoms. The molecule has 5 heteroatoms. The molecule has 1 aliphatic carbocycles. The maximum absolute atomic E-state index is 11.8. The molecule has 4 nitrogen and oxygen atoms in total. The van der Waals surface area contributed by atoms with Crippen molar-refractivity contribution in [2.75, 3.05) is 0 Å². The summed E-state index contributed by atoms with van der Waals surface area (Å²) >= 11 is 0. The Labute approximate surface area is 114 Å². The van der Waals surface area contributed by atoms with Gasteiger partial charge >= 0.3 is 10.1 Å². The average molecular weight is 281 g/mol. The van der Waals surface area contributed by atoms with E-state index in [2.05, 4.69) is 5.16 Å². The van der Waals surface area contributed by atoms with Crippen LogP contribution in [-0.4, -0.2) is 14.6 Å². The molecule has 0 aromatic heterocycles. The van der Waals surface area contributed by atoms with Crippen LogP contribution in [0.25, 0.3) is 0 Å². The zero-order chi connectivity index (χ0) is 13.6. The monoisotopic (exact) mass is 281 g/mol. The molecule has 104 valence electrons. The van der Waals surface area contributed by atoms with Gasteiger partial charge < -0.3 is 0 Å². The highest BCUT2D eigenvalue weighted by atomic mass is 32.2. The van der Waals surface area contributed by atoms with E-state index in [9.17, 15) is 8.42 Å². The second-order valence-corrected chi connectivity index (χ2v) is 6.38. The third-order valence-electron chi connectivity index (χ3n) is 3.34. The first kappa shape index (κ1) is 14.1. The molecule has 1 aromatic carbocycles. The van der Waals surface area contributed by atoms with E-state index in [1.165, 1.54) is 37.8 Å². The van der Waals surface area contributed by atoms with Gasteiger partial charge in [-0.15, -0.1) is 0 Å². The van der Waals surface area contributed by atoms with Crippen molar-refractivity contribution in [2.24, 2.45) is 11.1 Å². The van der Waals surface area contributed by atoms with Gasteiger partial charge in [0, 0.05) is 6.21 Å². The molecule has 1 aromatic rings. The highest BCUT2D eigenvalue weighted by molar-refractivity contribution is 7.86. The SMILES string of the molecule is O=S(=O)(ON=CC1CCCCCC1)c1ccccc1. The van der Waals surface area contributed by atoms with Gasteiger partial charge in [0.15, 0.2) is 0 Å². The van der Waals surface area contributed by atoms with Gasteiger partial charge in [-0.05, 0) is 30.9 Å². The van der Waals surface area contributed by atoms with Crippen LogP contribution in [0, 0.1) is 5.92 Å². The Morgan fingerprint density at radius 2 is 1.68 bits per heavy atom. The fourth-order valence-electron chi connectivity index (χ4n) is 2.26. The fraction of sp³-hybridized carbons (Fsp3) is 0.500. The molecule has 0 bridgehead atoms. The predicted molar refractivity (Wildman–Crippen MR) is 74.4 cm³/mol. The maximum atomic E-state index is 11.8. The summed E-state index contributed by atoms with van der Waals surface area (Å²) in [7, 11) is -3.77. The lowest BCUT2D eigenvalue weighted by molar-refractivity contribution is 0.337. The standard InChI is InChI=1S/C14H19NO3S/c16-19(17,14-10-6-3-7-11-14)18-15-12-13-8-4-1-2-5-9-13/h3,6-7,10-13H,1-2,4-5,8-9H2. The van der Waals surface area contributed by atoms with Crippen molar-refractivity contribution in [3.05, 3.63) is 30.3 Å². The molecule has 19 heavy (non-hydrogen) atoms. The number of rotatable bonds is 4. The molecule has 0 radical (unpaired) electrons. The van der Waals surface area contributed by atoms with Gasteiger partial charge in [-0.25, -0.2) is 0 Å². The molecular formula is C14H19NO3S. The Balaban J connectivity index is 1.94. The Kier molecular flexibility index (Phi) is 4.96. The lowest BCUT2D eigenvalue weighted by Crippen LogP contribution is -2.05. The Morgan fingerprint density at radius 1 is 1.05 bits per heavy atom. The first-order valence-electron chi connectivity index (χ1n) is 6.71. The lowest BCUT2D eigenvalue weighted by atomic mass is 10.0. The Bertz CT molecular complexity index is 503. The molecule has 2 rings (SSSR count). The van der Waals surface area contributed by atoms with Crippen LogP contribution in [0.3, 0.4) is 0 Å². The van der Waals surface area contributed by atoms with Gasteiger partial charge in [-0.3, -0.25) is 4.28 Å². The Morgan fingerprint density at radius 3 is 2.32 bits per heavy atom. The number of hydrogen-bond acceptors (Lipinski definition) is 4. The molecule has 1 aliphatic rings. The molecule has 0 unspecified atom stereocenters. The number of hydrogen-bond donors (Lipinski definition) is 0. The summed E-state index contributed by atoms with van der Waals surface area (Å²) in [5.41, 5.74) is 0. The van der Waals surface area contributed by atoms with Crippen LogP contribution < -0.4 is 0 Å². The van der Waals surface area contributed by atoms with Crippen molar-refractivity contribution >= 4 is 16.3 Å². The van der Waals surface area contributed by atoms with Crippen molar-refractivity contribution < 1.29 is 12.7 Å². The van der Waals surface area contributed by atoms with Crippen molar-refractivity contribution in [3.8, 4) is 0 Å². The van der Waals surface area contributed by atoms with Crippen LogP contribution in [0.15, 0.2) is 40.4 Å². The van der Waals surface area contributed by atoms with E-state index in [4.69, 9.17) is 4.28 Å². The number of oxime groups is 1. The van der Waals surface area contributed by atoms with Gasteiger partial charge in [-0.1, -0.05) is 49.0 Å². The summed E-state index contributed by atoms with van der Waals surface area (Å²) < 4.78 is 28.3. The van der Waals surface area contributed by atoms with Gasteiger partial charge in [0.05, 0.1) is 0 Å². The van der Waals surface area contributed by atoms with Crippen molar-refractivity contribution in [1.29, 1.82) is 0 Å². The smallest absolute Gasteiger partial charge is 0.265 e. The summed E-state index contributed by atoms with van der Waals surface area (Å²) in [6, 6.07) is 8.07. The fourth-order valence-corrected chi connectivity index (χ4v) is 3.00. The third kappa shape index (κ3) is 4.35. The van der Waals surface area contributed by atoms with E-state index in [1.807, 2.05) is 0 Å². The van der Waals surface area contributed by atoms with Gasteiger partial charge in [-0.2, -0.15) is 8.42 Å². The van der Waals surface area contributed by atoms with E-state index < -0.39 is 10.1 Å². The number of benzene rings is 1. The van der Waals surface area contributed by atoms with Crippen LogP contribution in [0.5, 0.6) is 0 Å². The largest absolute Gasteiger partial charge is 0.358 e. The first-order chi connectivity index (χ1) is 9.18. The summed E-state index contributed by atoms with van der Waals surface area (Å²) in [6.45, 7) is 0. The molecule has 1 fully saturated rings. The normalized spacial score (nSPS) is 18.3. The van der Waals surface area contributed by atoms with Crippen LogP contribution in [0.2, 0.25) is 0 Å². The highest BCUT2D eigenvalue weighted by Gasteiger charge is 2.15. The number of nitrogens with zero attached hydrogens (tertiary/aromatic N) is 1. The molecule has 0 aliphatic heterocycles. The maximum Gasteiger partial charge on any atom is 0.358 e. The zero-order valence-electron chi connectivity index (χ0n) is 10.9. The van der Waals surface area contributed by atoms with E-state index >= 15 is 0 Å². The van der Waals surface area contributed by atoms with Crippen LogP contribution in [0.1, 0.15) is 38.5 Å². The van der Waals surface area contributed by atoms with Crippen LogP contribution in [0.4, 0.5) is 0 Å².